The topological polar surface area (TPSA) is 60.9 Å². The van der Waals surface area contributed by atoms with Crippen molar-refractivity contribution in [1.29, 1.82) is 0 Å². The van der Waals surface area contributed by atoms with Crippen LogP contribution >= 0.6 is 0 Å². The van der Waals surface area contributed by atoms with Crippen LogP contribution < -0.4 is 0 Å². The predicted octanol–water partition coefficient (Wildman–Crippen LogP) is 2.58. The Morgan fingerprint density at radius 3 is 2.37 bits per heavy atom. The maximum absolute atomic E-state index is 12.2. The number of aliphatic carboxylic acids is 1. The molecule has 0 aromatic carbocycles. The first-order valence-electron chi connectivity index (χ1n) is 6.74. The Bertz CT molecular complexity index is 303. The first-order valence-corrected chi connectivity index (χ1v) is 6.74. The molecule has 1 N–H and O–H groups in total. The Hall–Kier alpha value is -1.52. The smallest absolute Gasteiger partial charge is 0.319 e. The van der Waals surface area contributed by atoms with Gasteiger partial charge in [-0.15, -0.1) is 6.58 Å². The highest BCUT2D eigenvalue weighted by Gasteiger charge is 2.20. The number of allylic oxidation sites excluding steroid dienone is 1. The van der Waals surface area contributed by atoms with Crippen LogP contribution in [0.5, 0.6) is 0 Å². The third-order valence-electron chi connectivity index (χ3n) is 2.89. The molecule has 0 rings (SSSR count). The first-order chi connectivity index (χ1) is 8.90. The average molecular weight is 270 g/mol. The lowest BCUT2D eigenvalue weighted by molar-refractivity contribution is -0.137. The summed E-state index contributed by atoms with van der Waals surface area (Å²) in [5.41, 5.74) is 0. The number of amides is 2. The number of urea groups is 1. The van der Waals surface area contributed by atoms with E-state index in [0.717, 1.165) is 12.8 Å². The number of carbonyl (C=O) groups is 2. The second kappa shape index (κ2) is 9.42. The number of hydrogen-bond donors (Lipinski definition) is 1. The summed E-state index contributed by atoms with van der Waals surface area (Å²) in [6.45, 7) is 8.70. The molecule has 0 radical (unpaired) electrons. The van der Waals surface area contributed by atoms with Crippen molar-refractivity contribution in [1.82, 2.24) is 9.80 Å². The normalized spacial score (nSPS) is 10.3. The standard InChI is InChI=1S/C14H26N2O3/c1-5-6-7-10-15(4)14(19)16(12(2)3)11-8-9-13(17)18/h5,12H,1,6-11H2,2-4H3,(H,17,18). The highest BCUT2D eigenvalue weighted by atomic mass is 16.4. The summed E-state index contributed by atoms with van der Waals surface area (Å²) in [6, 6.07) is 0.0348. The molecule has 2 amide bonds. The quantitative estimate of drug-likeness (QED) is 0.517. The van der Waals surface area contributed by atoms with Crippen molar-refractivity contribution in [3.63, 3.8) is 0 Å². The van der Waals surface area contributed by atoms with Gasteiger partial charge in [0, 0.05) is 32.6 Å². The molecule has 0 heterocycles. The molecule has 0 aliphatic carbocycles. The summed E-state index contributed by atoms with van der Waals surface area (Å²) in [5, 5.41) is 8.63. The van der Waals surface area contributed by atoms with Crippen molar-refractivity contribution in [2.24, 2.45) is 0 Å². The zero-order valence-corrected chi connectivity index (χ0v) is 12.3. The van der Waals surface area contributed by atoms with Crippen LogP contribution in [0.1, 0.15) is 39.5 Å². The Kier molecular flexibility index (Phi) is 8.66. The van der Waals surface area contributed by atoms with Crippen molar-refractivity contribution in [2.45, 2.75) is 45.6 Å². The molecule has 19 heavy (non-hydrogen) atoms. The third kappa shape index (κ3) is 7.49. The molecule has 5 heteroatoms. The van der Waals surface area contributed by atoms with Crippen LogP contribution in [0.2, 0.25) is 0 Å². The second-order valence-corrected chi connectivity index (χ2v) is 4.92. The van der Waals surface area contributed by atoms with Gasteiger partial charge in [0.1, 0.15) is 0 Å². The van der Waals surface area contributed by atoms with Gasteiger partial charge in [-0.05, 0) is 33.1 Å². The van der Waals surface area contributed by atoms with E-state index >= 15 is 0 Å². The molecule has 110 valence electrons. The number of carboxylic acids is 1. The fourth-order valence-electron chi connectivity index (χ4n) is 1.76. The Morgan fingerprint density at radius 2 is 1.89 bits per heavy atom. The molecule has 0 fully saturated rings. The van der Waals surface area contributed by atoms with E-state index in [1.807, 2.05) is 19.9 Å². The van der Waals surface area contributed by atoms with E-state index in [9.17, 15) is 9.59 Å². The minimum Gasteiger partial charge on any atom is -0.481 e. The Balaban J connectivity index is 4.30. The van der Waals surface area contributed by atoms with Crippen LogP contribution in [0.15, 0.2) is 12.7 Å². The fraction of sp³-hybridized carbons (Fsp3) is 0.714. The SMILES string of the molecule is C=CCCCN(C)C(=O)N(CCCC(=O)O)C(C)C. The molecule has 0 bridgehead atoms. The van der Waals surface area contributed by atoms with E-state index in [2.05, 4.69) is 6.58 Å². The van der Waals surface area contributed by atoms with E-state index in [0.29, 0.717) is 19.5 Å². The number of rotatable bonds is 9. The lowest BCUT2D eigenvalue weighted by Gasteiger charge is -2.31. The molecular formula is C14H26N2O3. The molecule has 0 saturated heterocycles. The van der Waals surface area contributed by atoms with Gasteiger partial charge in [-0.3, -0.25) is 4.79 Å². The van der Waals surface area contributed by atoms with Gasteiger partial charge in [-0.2, -0.15) is 0 Å². The molecule has 0 aliphatic heterocycles. The first kappa shape index (κ1) is 17.5. The van der Waals surface area contributed by atoms with Crippen LogP contribution in [0.3, 0.4) is 0 Å². The number of carboxylic acid groups (broad SMARTS) is 1. The summed E-state index contributed by atoms with van der Waals surface area (Å²) in [4.78, 5) is 26.1. The monoisotopic (exact) mass is 270 g/mol. The van der Waals surface area contributed by atoms with E-state index in [4.69, 9.17) is 5.11 Å². The van der Waals surface area contributed by atoms with Gasteiger partial charge in [0.05, 0.1) is 0 Å². The van der Waals surface area contributed by atoms with Gasteiger partial charge in [-0.1, -0.05) is 6.08 Å². The zero-order valence-electron chi connectivity index (χ0n) is 12.3. The van der Waals surface area contributed by atoms with E-state index in [-0.39, 0.29) is 18.5 Å². The van der Waals surface area contributed by atoms with E-state index < -0.39 is 5.97 Å². The van der Waals surface area contributed by atoms with Crippen molar-refractivity contribution < 1.29 is 14.7 Å². The largest absolute Gasteiger partial charge is 0.481 e. The Morgan fingerprint density at radius 1 is 1.26 bits per heavy atom. The third-order valence-corrected chi connectivity index (χ3v) is 2.89. The minimum atomic E-state index is -0.824. The van der Waals surface area contributed by atoms with Crippen LogP contribution in [-0.2, 0) is 4.79 Å². The summed E-state index contributed by atoms with van der Waals surface area (Å²) in [6.07, 6.45) is 4.20. The van der Waals surface area contributed by atoms with E-state index in [1.54, 1.807) is 16.8 Å². The van der Waals surface area contributed by atoms with E-state index in [1.165, 1.54) is 0 Å². The number of nitrogens with zero attached hydrogens (tertiary/aromatic N) is 2. The van der Waals surface area contributed by atoms with Crippen LogP contribution in [0.4, 0.5) is 4.79 Å². The minimum absolute atomic E-state index is 0.0375. The molecule has 0 spiro atoms. The van der Waals surface area contributed by atoms with Gasteiger partial charge in [0.15, 0.2) is 0 Å². The summed E-state index contributed by atoms with van der Waals surface area (Å²) in [7, 11) is 1.78. The second-order valence-electron chi connectivity index (χ2n) is 4.92. The zero-order chi connectivity index (χ0) is 14.8. The van der Waals surface area contributed by atoms with Crippen LogP contribution in [0, 0.1) is 0 Å². The molecule has 0 aromatic rings. The van der Waals surface area contributed by atoms with Gasteiger partial charge in [0.2, 0.25) is 0 Å². The lowest BCUT2D eigenvalue weighted by atomic mass is 10.2. The maximum atomic E-state index is 12.2. The summed E-state index contributed by atoms with van der Waals surface area (Å²) >= 11 is 0. The lowest BCUT2D eigenvalue weighted by Crippen LogP contribution is -2.45. The summed E-state index contributed by atoms with van der Waals surface area (Å²) < 4.78 is 0. The van der Waals surface area contributed by atoms with Crippen LogP contribution in [0.25, 0.3) is 0 Å². The molecule has 5 nitrogen and oxygen atoms in total. The van der Waals surface area contributed by atoms with Crippen molar-refractivity contribution >= 4 is 12.0 Å². The number of hydrogen-bond acceptors (Lipinski definition) is 2. The molecule has 0 unspecified atom stereocenters. The van der Waals surface area contributed by atoms with Crippen molar-refractivity contribution in [3.05, 3.63) is 12.7 Å². The predicted molar refractivity (Wildman–Crippen MR) is 76.2 cm³/mol. The van der Waals surface area contributed by atoms with Crippen molar-refractivity contribution in [3.8, 4) is 0 Å². The van der Waals surface area contributed by atoms with Gasteiger partial charge in [0.25, 0.3) is 0 Å². The highest BCUT2D eigenvalue weighted by Crippen LogP contribution is 2.07. The van der Waals surface area contributed by atoms with Crippen LogP contribution in [-0.4, -0.2) is 53.1 Å². The average Bonchev–Trinajstić information content (AvgIpc) is 2.33. The highest BCUT2D eigenvalue weighted by molar-refractivity contribution is 5.74. The molecule has 0 aliphatic rings. The summed E-state index contributed by atoms with van der Waals surface area (Å²) in [5.74, 6) is -0.824. The molecule has 0 atom stereocenters. The molecular weight excluding hydrogens is 244 g/mol. The fourth-order valence-corrected chi connectivity index (χ4v) is 1.76. The van der Waals surface area contributed by atoms with Crippen molar-refractivity contribution in [2.75, 3.05) is 20.1 Å². The van der Waals surface area contributed by atoms with Gasteiger partial charge < -0.3 is 14.9 Å². The number of unbranched alkanes of at least 4 members (excludes halogenated alkanes) is 1. The molecule has 0 saturated carbocycles. The number of carbonyl (C=O) groups excluding carboxylic acids is 1. The maximum Gasteiger partial charge on any atom is 0.319 e. The van der Waals surface area contributed by atoms with Gasteiger partial charge in [-0.25, -0.2) is 4.79 Å². The Labute approximate surface area is 115 Å². The van der Waals surface area contributed by atoms with Gasteiger partial charge >= 0.3 is 12.0 Å². The molecule has 0 aromatic heterocycles.